The van der Waals surface area contributed by atoms with E-state index in [1.54, 1.807) is 6.92 Å². The molecule has 1 unspecified atom stereocenters. The third kappa shape index (κ3) is 4.97. The van der Waals surface area contributed by atoms with Crippen LogP contribution in [0.4, 0.5) is 4.39 Å². The normalized spacial score (nSPS) is 12.8. The number of hydrogen-bond acceptors (Lipinski definition) is 3. The minimum atomic E-state index is -3.88. The lowest BCUT2D eigenvalue weighted by molar-refractivity contribution is -0.121. The maximum atomic E-state index is 13.1. The van der Waals surface area contributed by atoms with Gasteiger partial charge < -0.3 is 5.32 Å². The van der Waals surface area contributed by atoms with Crippen LogP contribution in [0.5, 0.6) is 0 Å². The molecule has 0 saturated carbocycles. The number of amides is 1. The van der Waals surface area contributed by atoms with Crippen molar-refractivity contribution < 1.29 is 17.6 Å². The van der Waals surface area contributed by atoms with Crippen LogP contribution in [0.1, 0.15) is 42.1 Å². The van der Waals surface area contributed by atoms with Gasteiger partial charge in [-0.15, -0.1) is 0 Å². The van der Waals surface area contributed by atoms with Gasteiger partial charge in [0, 0.05) is 6.54 Å². The van der Waals surface area contributed by atoms with E-state index in [9.17, 15) is 17.6 Å². The number of halogens is 1. The Kier molecular flexibility index (Phi) is 6.96. The molecule has 0 bridgehead atoms. The number of nitrogens with zero attached hydrogens (tertiary/aromatic N) is 1. The molecule has 2 aromatic rings. The summed E-state index contributed by atoms with van der Waals surface area (Å²) in [5.41, 5.74) is 4.39. The molecule has 7 heteroatoms. The predicted octanol–water partition coefficient (Wildman–Crippen LogP) is 3.64. The summed E-state index contributed by atoms with van der Waals surface area (Å²) in [4.78, 5) is 12.5. The molecule has 0 heterocycles. The molecule has 0 aliphatic rings. The Morgan fingerprint density at radius 3 is 2.21 bits per heavy atom. The summed E-state index contributed by atoms with van der Waals surface area (Å²) in [6.07, 6.45) is 0. The van der Waals surface area contributed by atoms with E-state index in [-0.39, 0.29) is 24.0 Å². The Bertz CT molecular complexity index is 956. The lowest BCUT2D eigenvalue weighted by Crippen LogP contribution is -2.41. The fourth-order valence-electron chi connectivity index (χ4n) is 3.10. The third-order valence-corrected chi connectivity index (χ3v) is 6.79. The van der Waals surface area contributed by atoms with Crippen LogP contribution in [0.25, 0.3) is 0 Å². The van der Waals surface area contributed by atoms with Crippen LogP contribution in [0.3, 0.4) is 0 Å². The van der Waals surface area contributed by atoms with Crippen molar-refractivity contribution in [2.24, 2.45) is 0 Å². The smallest absolute Gasteiger partial charge is 0.243 e. The van der Waals surface area contributed by atoms with Gasteiger partial charge in [-0.05, 0) is 74.2 Å². The molecule has 1 atom stereocenters. The van der Waals surface area contributed by atoms with Crippen molar-refractivity contribution in [3.05, 3.63) is 64.5 Å². The van der Waals surface area contributed by atoms with Gasteiger partial charge in [-0.2, -0.15) is 4.31 Å². The molecule has 0 fully saturated rings. The van der Waals surface area contributed by atoms with Crippen LogP contribution in [-0.4, -0.2) is 31.7 Å². The average molecular weight is 407 g/mol. The first kappa shape index (κ1) is 22.0. The molecular weight excluding hydrogens is 379 g/mol. The number of rotatable bonds is 7. The number of sulfonamides is 1. The van der Waals surface area contributed by atoms with Gasteiger partial charge in [0.1, 0.15) is 5.82 Å². The van der Waals surface area contributed by atoms with Crippen LogP contribution >= 0.6 is 0 Å². The summed E-state index contributed by atoms with van der Waals surface area (Å²) >= 11 is 0. The van der Waals surface area contributed by atoms with E-state index >= 15 is 0 Å². The molecule has 0 spiro atoms. The van der Waals surface area contributed by atoms with E-state index in [4.69, 9.17) is 0 Å². The summed E-state index contributed by atoms with van der Waals surface area (Å²) in [5.74, 6) is -0.907. The maximum Gasteiger partial charge on any atom is 0.243 e. The SMILES string of the molecule is CCN(CC(=O)NC(C)c1cc(C)c(C)cc1C)S(=O)(=O)c1ccc(F)cc1. The van der Waals surface area contributed by atoms with Gasteiger partial charge >= 0.3 is 0 Å². The number of nitrogens with one attached hydrogen (secondary N) is 1. The first-order chi connectivity index (χ1) is 13.1. The van der Waals surface area contributed by atoms with Gasteiger partial charge in [-0.25, -0.2) is 12.8 Å². The molecule has 1 amide bonds. The van der Waals surface area contributed by atoms with Crippen molar-refractivity contribution in [2.75, 3.05) is 13.1 Å². The van der Waals surface area contributed by atoms with Crippen LogP contribution in [-0.2, 0) is 14.8 Å². The summed E-state index contributed by atoms with van der Waals surface area (Å²) in [6, 6.07) is 8.45. The fourth-order valence-corrected chi connectivity index (χ4v) is 4.50. The van der Waals surface area contributed by atoms with Crippen LogP contribution < -0.4 is 5.32 Å². The Balaban J connectivity index is 2.14. The predicted molar refractivity (Wildman–Crippen MR) is 108 cm³/mol. The molecule has 1 N–H and O–H groups in total. The Labute approximate surface area is 166 Å². The molecule has 0 aromatic heterocycles. The summed E-state index contributed by atoms with van der Waals surface area (Å²) < 4.78 is 39.6. The van der Waals surface area contributed by atoms with Gasteiger partial charge in [-0.3, -0.25) is 4.79 Å². The fraction of sp³-hybridized carbons (Fsp3) is 0.381. The van der Waals surface area contributed by atoms with Crippen molar-refractivity contribution in [3.63, 3.8) is 0 Å². The van der Waals surface area contributed by atoms with Gasteiger partial charge in [0.05, 0.1) is 17.5 Å². The Hall–Kier alpha value is -2.25. The largest absolute Gasteiger partial charge is 0.348 e. The highest BCUT2D eigenvalue weighted by Crippen LogP contribution is 2.22. The Morgan fingerprint density at radius 1 is 1.07 bits per heavy atom. The van der Waals surface area contributed by atoms with E-state index in [1.807, 2.05) is 33.8 Å². The van der Waals surface area contributed by atoms with Crippen molar-refractivity contribution in [1.82, 2.24) is 9.62 Å². The minimum Gasteiger partial charge on any atom is -0.348 e. The van der Waals surface area contributed by atoms with E-state index in [0.717, 1.165) is 33.1 Å². The van der Waals surface area contributed by atoms with E-state index in [0.29, 0.717) is 0 Å². The molecule has 2 aromatic carbocycles. The highest BCUT2D eigenvalue weighted by molar-refractivity contribution is 7.89. The zero-order chi connectivity index (χ0) is 21.1. The monoisotopic (exact) mass is 406 g/mol. The number of likely N-dealkylation sites (N-methyl/N-ethyl adjacent to an activating group) is 1. The van der Waals surface area contributed by atoms with Crippen LogP contribution in [0.2, 0.25) is 0 Å². The number of hydrogen-bond donors (Lipinski definition) is 1. The summed E-state index contributed by atoms with van der Waals surface area (Å²) in [6.45, 7) is 9.40. The van der Waals surface area contributed by atoms with Crippen molar-refractivity contribution in [1.29, 1.82) is 0 Å². The van der Waals surface area contributed by atoms with Crippen molar-refractivity contribution >= 4 is 15.9 Å². The lowest BCUT2D eigenvalue weighted by Gasteiger charge is -2.23. The lowest BCUT2D eigenvalue weighted by atomic mass is 9.96. The maximum absolute atomic E-state index is 13.1. The molecule has 0 aliphatic heterocycles. The zero-order valence-corrected chi connectivity index (χ0v) is 17.7. The van der Waals surface area contributed by atoms with Gasteiger partial charge in [0.25, 0.3) is 0 Å². The van der Waals surface area contributed by atoms with E-state index in [2.05, 4.69) is 11.4 Å². The first-order valence-corrected chi connectivity index (χ1v) is 10.6. The second-order valence-corrected chi connectivity index (χ2v) is 8.91. The first-order valence-electron chi connectivity index (χ1n) is 9.19. The zero-order valence-electron chi connectivity index (χ0n) is 16.9. The molecule has 0 saturated heterocycles. The highest BCUT2D eigenvalue weighted by atomic mass is 32.2. The number of benzene rings is 2. The van der Waals surface area contributed by atoms with E-state index < -0.39 is 21.7 Å². The van der Waals surface area contributed by atoms with Gasteiger partial charge in [0.15, 0.2) is 0 Å². The van der Waals surface area contributed by atoms with Gasteiger partial charge in [-0.1, -0.05) is 19.1 Å². The molecule has 5 nitrogen and oxygen atoms in total. The van der Waals surface area contributed by atoms with Crippen molar-refractivity contribution in [2.45, 2.75) is 45.6 Å². The topological polar surface area (TPSA) is 66.5 Å². The van der Waals surface area contributed by atoms with Crippen LogP contribution in [0, 0.1) is 26.6 Å². The number of aryl methyl sites for hydroxylation is 3. The average Bonchev–Trinajstić information content (AvgIpc) is 2.62. The minimum absolute atomic E-state index is 0.0402. The standard InChI is InChI=1S/C21H27FN2O3S/c1-6-24(28(26,27)19-9-7-18(22)8-10-19)13-21(25)23-17(5)20-12-15(3)14(2)11-16(20)4/h7-12,17H,6,13H2,1-5H3,(H,23,25). The quantitative estimate of drug-likeness (QED) is 0.763. The second kappa shape index (κ2) is 8.84. The third-order valence-electron chi connectivity index (χ3n) is 4.85. The molecule has 2 rings (SSSR count). The summed E-state index contributed by atoms with van der Waals surface area (Å²) in [5, 5.41) is 2.88. The second-order valence-electron chi connectivity index (χ2n) is 6.97. The highest BCUT2D eigenvalue weighted by Gasteiger charge is 2.26. The summed E-state index contributed by atoms with van der Waals surface area (Å²) in [7, 11) is -3.88. The molecule has 0 aliphatic carbocycles. The number of carbonyl (C=O) groups is 1. The molecule has 152 valence electrons. The van der Waals surface area contributed by atoms with Crippen LogP contribution in [0.15, 0.2) is 41.3 Å². The van der Waals surface area contributed by atoms with Crippen molar-refractivity contribution in [3.8, 4) is 0 Å². The molecule has 28 heavy (non-hydrogen) atoms. The number of carbonyl (C=O) groups excluding carboxylic acids is 1. The van der Waals surface area contributed by atoms with E-state index in [1.165, 1.54) is 17.7 Å². The van der Waals surface area contributed by atoms with Gasteiger partial charge in [0.2, 0.25) is 15.9 Å². The molecule has 0 radical (unpaired) electrons. The molecular formula is C21H27FN2O3S. The Morgan fingerprint density at radius 2 is 1.64 bits per heavy atom.